The van der Waals surface area contributed by atoms with E-state index in [0.29, 0.717) is 28.6 Å². The number of aromatic nitrogens is 2. The fourth-order valence-electron chi connectivity index (χ4n) is 4.67. The van der Waals surface area contributed by atoms with Gasteiger partial charge in [0.25, 0.3) is 5.91 Å². The predicted molar refractivity (Wildman–Crippen MR) is 114 cm³/mol. The highest BCUT2D eigenvalue weighted by Crippen LogP contribution is 2.54. The smallest absolute Gasteiger partial charge is 0.254 e. The van der Waals surface area contributed by atoms with Gasteiger partial charge >= 0.3 is 0 Å². The van der Waals surface area contributed by atoms with Crippen LogP contribution in [0.15, 0.2) is 30.9 Å². The number of primary amides is 1. The van der Waals surface area contributed by atoms with Gasteiger partial charge in [-0.05, 0) is 49.0 Å². The first-order chi connectivity index (χ1) is 14.3. The molecule has 1 spiro atoms. The van der Waals surface area contributed by atoms with E-state index in [1.807, 2.05) is 4.90 Å². The van der Waals surface area contributed by atoms with Crippen molar-refractivity contribution >= 4 is 29.2 Å². The van der Waals surface area contributed by atoms with Crippen LogP contribution in [0.4, 0.5) is 5.82 Å². The summed E-state index contributed by atoms with van der Waals surface area (Å²) >= 11 is 6.40. The molecule has 0 atom stereocenters. The maximum atomic E-state index is 12.2. The number of amides is 2. The summed E-state index contributed by atoms with van der Waals surface area (Å²) in [5.74, 6) is 0.137. The van der Waals surface area contributed by atoms with Gasteiger partial charge in [-0.2, -0.15) is 5.10 Å². The van der Waals surface area contributed by atoms with E-state index in [2.05, 4.69) is 11.7 Å². The minimum Gasteiger partial charge on any atom is -0.497 e. The molecule has 1 aliphatic carbocycles. The van der Waals surface area contributed by atoms with E-state index in [1.54, 1.807) is 30.0 Å². The molecule has 2 amide bonds. The minimum absolute atomic E-state index is 0.0349. The molecule has 2 heterocycles. The van der Waals surface area contributed by atoms with Crippen LogP contribution >= 0.6 is 11.6 Å². The molecule has 1 saturated carbocycles. The lowest BCUT2D eigenvalue weighted by Crippen LogP contribution is -2.42. The predicted octanol–water partition coefficient (Wildman–Crippen LogP) is 2.63. The number of methoxy groups -OCH3 is 1. The number of nitrogen functional groups attached to an aromatic ring is 1. The number of hydrogen-bond acceptors (Lipinski definition) is 5. The monoisotopic (exact) mass is 429 g/mol. The van der Waals surface area contributed by atoms with Crippen LogP contribution in [0, 0.1) is 5.41 Å². The lowest BCUT2D eigenvalue weighted by Gasteiger charge is -2.45. The van der Waals surface area contributed by atoms with Crippen LogP contribution in [-0.4, -0.2) is 46.7 Å². The third-order valence-corrected chi connectivity index (χ3v) is 6.55. The Labute approximate surface area is 179 Å². The Balaban J connectivity index is 1.62. The van der Waals surface area contributed by atoms with Crippen molar-refractivity contribution in [2.75, 3.05) is 25.9 Å². The van der Waals surface area contributed by atoms with Crippen molar-refractivity contribution in [3.05, 3.63) is 41.4 Å². The summed E-state index contributed by atoms with van der Waals surface area (Å²) in [5, 5.41) is 5.02. The van der Waals surface area contributed by atoms with E-state index in [0.717, 1.165) is 25.8 Å². The van der Waals surface area contributed by atoms with Crippen LogP contribution < -0.4 is 16.2 Å². The summed E-state index contributed by atoms with van der Waals surface area (Å²) in [6, 6.07) is 5.16. The van der Waals surface area contributed by atoms with Crippen LogP contribution in [0.5, 0.6) is 5.75 Å². The van der Waals surface area contributed by atoms with Gasteiger partial charge in [-0.3, -0.25) is 9.59 Å². The van der Waals surface area contributed by atoms with Crippen molar-refractivity contribution in [1.29, 1.82) is 0 Å². The van der Waals surface area contributed by atoms with E-state index in [1.165, 1.54) is 6.08 Å². The summed E-state index contributed by atoms with van der Waals surface area (Å²) in [6.07, 6.45) is 3.94. The number of carbonyl (C=O) groups is 2. The molecule has 0 unspecified atom stereocenters. The van der Waals surface area contributed by atoms with Crippen molar-refractivity contribution in [3.8, 4) is 17.0 Å². The SMILES string of the molecule is C=CC(=O)N1CC[C@]2(C1)C[C@H](n1nc(-c3ccc(OC)cc3Cl)c(C(N)=O)c1N)C2. The zero-order valence-corrected chi connectivity index (χ0v) is 17.5. The molecular weight excluding hydrogens is 406 g/mol. The summed E-state index contributed by atoms with van der Waals surface area (Å²) in [7, 11) is 1.55. The number of nitrogens with zero attached hydrogens (tertiary/aromatic N) is 3. The maximum Gasteiger partial charge on any atom is 0.254 e. The Morgan fingerprint density at radius 2 is 2.13 bits per heavy atom. The molecule has 2 fully saturated rings. The number of rotatable bonds is 5. The first kappa shape index (κ1) is 20.3. The Kier molecular flexibility index (Phi) is 4.97. The molecule has 158 valence electrons. The van der Waals surface area contributed by atoms with E-state index < -0.39 is 5.91 Å². The first-order valence-electron chi connectivity index (χ1n) is 9.71. The topological polar surface area (TPSA) is 116 Å². The number of carbonyl (C=O) groups excluding carboxylic acids is 2. The van der Waals surface area contributed by atoms with Crippen molar-refractivity contribution in [2.24, 2.45) is 11.1 Å². The standard InChI is InChI=1S/C21H24ClN5O3/c1-3-16(28)26-7-6-21(11-26)9-12(10-21)27-19(23)17(20(24)29)18(25-27)14-5-4-13(30-2)8-15(14)22/h3-5,8,12H,1,6-7,9-11,23H2,2H3,(H2,24,29)/t12-,21-. The van der Waals surface area contributed by atoms with Crippen molar-refractivity contribution in [1.82, 2.24) is 14.7 Å². The van der Waals surface area contributed by atoms with E-state index >= 15 is 0 Å². The Morgan fingerprint density at radius 3 is 2.73 bits per heavy atom. The summed E-state index contributed by atoms with van der Waals surface area (Å²) in [6.45, 7) is 4.99. The average molecular weight is 430 g/mol. The average Bonchev–Trinajstić information content (AvgIpc) is 3.28. The van der Waals surface area contributed by atoms with Crippen LogP contribution in [0.2, 0.25) is 5.02 Å². The van der Waals surface area contributed by atoms with E-state index in [4.69, 9.17) is 27.8 Å². The quantitative estimate of drug-likeness (QED) is 0.708. The molecule has 0 bridgehead atoms. The largest absolute Gasteiger partial charge is 0.497 e. The van der Waals surface area contributed by atoms with Gasteiger partial charge in [0, 0.05) is 18.7 Å². The van der Waals surface area contributed by atoms with Crippen molar-refractivity contribution in [2.45, 2.75) is 25.3 Å². The second kappa shape index (κ2) is 7.36. The van der Waals surface area contributed by atoms with Gasteiger partial charge in [-0.15, -0.1) is 0 Å². The first-order valence-corrected chi connectivity index (χ1v) is 10.1. The molecule has 1 aromatic heterocycles. The van der Waals surface area contributed by atoms with E-state index in [9.17, 15) is 9.59 Å². The fourth-order valence-corrected chi connectivity index (χ4v) is 4.93. The number of nitrogens with two attached hydrogens (primary N) is 2. The number of halogens is 1. The maximum absolute atomic E-state index is 12.2. The third kappa shape index (κ3) is 3.21. The zero-order chi connectivity index (χ0) is 21.6. The van der Waals surface area contributed by atoms with Gasteiger partial charge in [0.2, 0.25) is 5.91 Å². The van der Waals surface area contributed by atoms with Gasteiger partial charge < -0.3 is 21.1 Å². The van der Waals surface area contributed by atoms with E-state index in [-0.39, 0.29) is 28.7 Å². The third-order valence-electron chi connectivity index (χ3n) is 6.23. The zero-order valence-electron chi connectivity index (χ0n) is 16.7. The van der Waals surface area contributed by atoms with Gasteiger partial charge in [-0.1, -0.05) is 18.2 Å². The summed E-state index contributed by atoms with van der Waals surface area (Å²) in [4.78, 5) is 25.9. The molecule has 0 radical (unpaired) electrons. The van der Waals surface area contributed by atoms with Crippen molar-refractivity contribution in [3.63, 3.8) is 0 Å². The highest BCUT2D eigenvalue weighted by Gasteiger charge is 2.50. The molecule has 4 rings (SSSR count). The van der Waals surface area contributed by atoms with Gasteiger partial charge in [0.1, 0.15) is 22.8 Å². The molecular formula is C21H24ClN5O3. The number of likely N-dealkylation sites (tertiary alicyclic amines) is 1. The van der Waals surface area contributed by atoms with Crippen LogP contribution in [-0.2, 0) is 4.79 Å². The molecule has 8 nitrogen and oxygen atoms in total. The Morgan fingerprint density at radius 1 is 1.40 bits per heavy atom. The van der Waals surface area contributed by atoms with Gasteiger partial charge in [-0.25, -0.2) is 4.68 Å². The molecule has 9 heteroatoms. The van der Waals surface area contributed by atoms with Gasteiger partial charge in [0.15, 0.2) is 0 Å². The highest BCUT2D eigenvalue weighted by atomic mass is 35.5. The lowest BCUT2D eigenvalue weighted by atomic mass is 9.65. The molecule has 4 N–H and O–H groups in total. The molecule has 30 heavy (non-hydrogen) atoms. The highest BCUT2D eigenvalue weighted by molar-refractivity contribution is 6.33. The molecule has 1 saturated heterocycles. The molecule has 2 aromatic rings. The number of ether oxygens (including phenoxy) is 1. The second-order valence-corrected chi connectivity index (χ2v) is 8.45. The van der Waals surface area contributed by atoms with Crippen LogP contribution in [0.25, 0.3) is 11.3 Å². The van der Waals surface area contributed by atoms with Crippen LogP contribution in [0.1, 0.15) is 35.7 Å². The molecule has 1 aromatic carbocycles. The number of hydrogen-bond donors (Lipinski definition) is 2. The normalized spacial score (nSPS) is 22.7. The summed E-state index contributed by atoms with van der Waals surface area (Å²) in [5.41, 5.74) is 13.1. The second-order valence-electron chi connectivity index (χ2n) is 8.04. The number of benzene rings is 1. The van der Waals surface area contributed by atoms with Crippen LogP contribution in [0.3, 0.4) is 0 Å². The van der Waals surface area contributed by atoms with Gasteiger partial charge in [0.05, 0.1) is 18.2 Å². The molecule has 2 aliphatic rings. The molecule has 1 aliphatic heterocycles. The lowest BCUT2D eigenvalue weighted by molar-refractivity contribution is -0.125. The minimum atomic E-state index is -0.654. The summed E-state index contributed by atoms with van der Waals surface area (Å²) < 4.78 is 6.86. The fraction of sp³-hybridized carbons (Fsp3) is 0.381. The number of anilines is 1. The van der Waals surface area contributed by atoms with Crippen molar-refractivity contribution < 1.29 is 14.3 Å². The Bertz CT molecular complexity index is 1040. The Hall–Kier alpha value is -3.00.